The van der Waals surface area contributed by atoms with E-state index in [1.54, 1.807) is 0 Å². The summed E-state index contributed by atoms with van der Waals surface area (Å²) >= 11 is 0. The molecule has 0 aliphatic heterocycles. The second kappa shape index (κ2) is 9.32. The smallest absolute Gasteiger partial charge is 0.326 e. The Morgan fingerprint density at radius 3 is 2.37 bits per heavy atom. The zero-order valence-corrected chi connectivity index (χ0v) is 11.1. The summed E-state index contributed by atoms with van der Waals surface area (Å²) in [4.78, 5) is 33.0. The Hall–Kier alpha value is -1.63. The van der Waals surface area contributed by atoms with Crippen molar-refractivity contribution in [3.63, 3.8) is 0 Å². The first kappa shape index (κ1) is 17.4. The normalized spacial score (nSPS) is 13.6. The van der Waals surface area contributed by atoms with Crippen LogP contribution in [0, 0.1) is 0 Å². The molecule has 0 saturated carbocycles. The fraction of sp³-hybridized carbons (Fsp3) is 0.750. The molecule has 7 nitrogen and oxygen atoms in total. The van der Waals surface area contributed by atoms with E-state index in [0.717, 1.165) is 12.8 Å². The highest BCUT2D eigenvalue weighted by Crippen LogP contribution is 2.05. The van der Waals surface area contributed by atoms with Gasteiger partial charge in [0.25, 0.3) is 0 Å². The Kier molecular flexibility index (Phi) is 8.52. The fourth-order valence-electron chi connectivity index (χ4n) is 1.55. The van der Waals surface area contributed by atoms with Gasteiger partial charge in [-0.3, -0.25) is 9.59 Å². The number of aliphatic hydroxyl groups is 1. The Morgan fingerprint density at radius 2 is 1.89 bits per heavy atom. The van der Waals surface area contributed by atoms with Crippen molar-refractivity contribution in [3.05, 3.63) is 0 Å². The van der Waals surface area contributed by atoms with Crippen molar-refractivity contribution in [2.45, 2.75) is 57.6 Å². The van der Waals surface area contributed by atoms with E-state index in [0.29, 0.717) is 6.42 Å². The van der Waals surface area contributed by atoms with Gasteiger partial charge in [-0.25, -0.2) is 4.79 Å². The van der Waals surface area contributed by atoms with Crippen LogP contribution in [0.2, 0.25) is 0 Å². The van der Waals surface area contributed by atoms with E-state index in [9.17, 15) is 19.5 Å². The lowest BCUT2D eigenvalue weighted by atomic mass is 10.1. The second-order valence-electron chi connectivity index (χ2n) is 4.46. The van der Waals surface area contributed by atoms with Gasteiger partial charge in [-0.05, 0) is 12.8 Å². The quantitative estimate of drug-likeness (QED) is 0.437. The predicted octanol–water partition coefficient (Wildman–Crippen LogP) is -0.237. The Morgan fingerprint density at radius 1 is 1.26 bits per heavy atom. The van der Waals surface area contributed by atoms with Crippen molar-refractivity contribution in [2.24, 2.45) is 5.73 Å². The van der Waals surface area contributed by atoms with Crippen LogP contribution in [0.5, 0.6) is 0 Å². The van der Waals surface area contributed by atoms with Crippen LogP contribution in [0.1, 0.15) is 45.4 Å². The highest BCUT2D eigenvalue weighted by molar-refractivity contribution is 5.84. The number of rotatable bonds is 10. The van der Waals surface area contributed by atoms with Gasteiger partial charge in [0.1, 0.15) is 6.04 Å². The number of amides is 2. The number of carbonyl (C=O) groups excluding carboxylic acids is 2. The molecule has 0 bridgehead atoms. The molecule has 19 heavy (non-hydrogen) atoms. The maximum atomic E-state index is 11.5. The van der Waals surface area contributed by atoms with Crippen molar-refractivity contribution in [1.82, 2.24) is 5.32 Å². The molecule has 0 spiro atoms. The molecule has 110 valence electrons. The first-order valence-electron chi connectivity index (χ1n) is 6.35. The van der Waals surface area contributed by atoms with Crippen molar-refractivity contribution < 1.29 is 24.6 Å². The summed E-state index contributed by atoms with van der Waals surface area (Å²) in [5.41, 5.74) is 4.92. The molecule has 2 amide bonds. The van der Waals surface area contributed by atoms with Crippen LogP contribution in [0.25, 0.3) is 0 Å². The Balaban J connectivity index is 4.16. The van der Waals surface area contributed by atoms with Crippen LogP contribution in [0.15, 0.2) is 0 Å². The van der Waals surface area contributed by atoms with Gasteiger partial charge in [0.05, 0.1) is 12.5 Å². The second-order valence-corrected chi connectivity index (χ2v) is 4.46. The molecule has 0 saturated heterocycles. The van der Waals surface area contributed by atoms with Crippen molar-refractivity contribution in [3.8, 4) is 0 Å². The molecule has 0 aromatic carbocycles. The number of primary amides is 1. The predicted molar refractivity (Wildman–Crippen MR) is 68.1 cm³/mol. The van der Waals surface area contributed by atoms with Gasteiger partial charge in [0, 0.05) is 6.42 Å². The summed E-state index contributed by atoms with van der Waals surface area (Å²) in [6.45, 7) is 1.97. The molecular formula is C12H22N2O5. The largest absolute Gasteiger partial charge is 0.480 e. The van der Waals surface area contributed by atoms with Crippen LogP contribution in [0.4, 0.5) is 0 Å². The van der Waals surface area contributed by atoms with Gasteiger partial charge < -0.3 is 21.3 Å². The lowest BCUT2D eigenvalue weighted by Gasteiger charge is -2.15. The van der Waals surface area contributed by atoms with Crippen molar-refractivity contribution in [2.75, 3.05) is 0 Å². The zero-order valence-electron chi connectivity index (χ0n) is 11.1. The lowest BCUT2D eigenvalue weighted by molar-refractivity contribution is -0.142. The number of nitrogens with two attached hydrogens (primary N) is 1. The first-order valence-corrected chi connectivity index (χ1v) is 6.35. The van der Waals surface area contributed by atoms with E-state index in [1.807, 2.05) is 6.92 Å². The van der Waals surface area contributed by atoms with E-state index in [4.69, 9.17) is 10.8 Å². The monoisotopic (exact) mass is 274 g/mol. The molecule has 0 rings (SSSR count). The fourth-order valence-corrected chi connectivity index (χ4v) is 1.55. The van der Waals surface area contributed by atoms with Gasteiger partial charge in [0.15, 0.2) is 0 Å². The topological polar surface area (TPSA) is 130 Å². The van der Waals surface area contributed by atoms with Crippen molar-refractivity contribution >= 4 is 17.8 Å². The van der Waals surface area contributed by atoms with Gasteiger partial charge >= 0.3 is 5.97 Å². The number of aliphatic carboxylic acids is 1. The van der Waals surface area contributed by atoms with Gasteiger partial charge in [-0.2, -0.15) is 0 Å². The van der Waals surface area contributed by atoms with Crippen LogP contribution in [-0.4, -0.2) is 40.1 Å². The molecular weight excluding hydrogens is 252 g/mol. The maximum Gasteiger partial charge on any atom is 0.326 e. The average Bonchev–Trinajstić information content (AvgIpc) is 2.31. The van der Waals surface area contributed by atoms with E-state index in [2.05, 4.69) is 5.32 Å². The molecule has 5 N–H and O–H groups in total. The molecule has 2 unspecified atom stereocenters. The minimum Gasteiger partial charge on any atom is -0.480 e. The van der Waals surface area contributed by atoms with E-state index < -0.39 is 29.9 Å². The minimum absolute atomic E-state index is 0.0541. The third kappa shape index (κ3) is 9.01. The van der Waals surface area contributed by atoms with E-state index >= 15 is 0 Å². The number of hydrogen-bond donors (Lipinski definition) is 4. The van der Waals surface area contributed by atoms with E-state index in [1.165, 1.54) is 0 Å². The number of unbranched alkanes of at least 4 members (excludes halogenated alkanes) is 1. The maximum absolute atomic E-state index is 11.5. The van der Waals surface area contributed by atoms with Gasteiger partial charge in [-0.15, -0.1) is 0 Å². The average molecular weight is 274 g/mol. The highest BCUT2D eigenvalue weighted by atomic mass is 16.4. The molecule has 0 radical (unpaired) electrons. The Labute approximate surface area is 112 Å². The van der Waals surface area contributed by atoms with Crippen LogP contribution >= 0.6 is 0 Å². The summed E-state index contributed by atoms with van der Waals surface area (Å²) in [6, 6.07) is -1.15. The number of aliphatic hydroxyl groups excluding tert-OH is 1. The molecule has 0 fully saturated rings. The summed E-state index contributed by atoms with van der Waals surface area (Å²) in [6.07, 6.45) is 1.14. The Bertz CT molecular complexity index is 319. The molecule has 0 heterocycles. The number of carboxylic acids is 1. The zero-order chi connectivity index (χ0) is 14.8. The van der Waals surface area contributed by atoms with Crippen LogP contribution < -0.4 is 11.1 Å². The summed E-state index contributed by atoms with van der Waals surface area (Å²) in [7, 11) is 0. The summed E-state index contributed by atoms with van der Waals surface area (Å²) in [5, 5.41) is 20.7. The van der Waals surface area contributed by atoms with Gasteiger partial charge in [0.2, 0.25) is 11.8 Å². The molecule has 0 aromatic heterocycles. The minimum atomic E-state index is -1.22. The molecule has 2 atom stereocenters. The summed E-state index contributed by atoms with van der Waals surface area (Å²) in [5.74, 6) is -2.39. The standard InChI is InChI=1S/C12H22N2O5/c1-2-3-4-8(15)7-11(17)14-9(12(18)19)5-6-10(13)16/h8-9,15H,2-7H2,1H3,(H2,13,16)(H,14,17)(H,18,19). The van der Waals surface area contributed by atoms with E-state index in [-0.39, 0.29) is 19.3 Å². The molecule has 0 aliphatic rings. The van der Waals surface area contributed by atoms with Crippen molar-refractivity contribution in [1.29, 1.82) is 0 Å². The number of carboxylic acid groups (broad SMARTS) is 1. The third-order valence-electron chi connectivity index (χ3n) is 2.62. The number of nitrogens with one attached hydrogen (secondary N) is 1. The number of carbonyl (C=O) groups is 3. The van der Waals surface area contributed by atoms with Crippen LogP contribution in [-0.2, 0) is 14.4 Å². The molecule has 7 heteroatoms. The highest BCUT2D eigenvalue weighted by Gasteiger charge is 2.21. The molecule has 0 aromatic rings. The first-order chi connectivity index (χ1) is 8.86. The third-order valence-corrected chi connectivity index (χ3v) is 2.62. The lowest BCUT2D eigenvalue weighted by Crippen LogP contribution is -2.42. The summed E-state index contributed by atoms with van der Waals surface area (Å²) < 4.78 is 0. The SMILES string of the molecule is CCCCC(O)CC(=O)NC(CCC(N)=O)C(=O)O. The number of hydrogen-bond acceptors (Lipinski definition) is 4. The van der Waals surface area contributed by atoms with Gasteiger partial charge in [-0.1, -0.05) is 19.8 Å². The van der Waals surface area contributed by atoms with Crippen LogP contribution in [0.3, 0.4) is 0 Å². The molecule has 0 aliphatic carbocycles.